The molecular weight excluding hydrogens is 426 g/mol. The number of rotatable bonds is 15. The van der Waals surface area contributed by atoms with Gasteiger partial charge >= 0.3 is 0 Å². The molecular formula is C28H39N3O3. The minimum Gasteiger partial charge on any atom is -0.494 e. The summed E-state index contributed by atoms with van der Waals surface area (Å²) in [6, 6.07) is 16.8. The number of imidazole rings is 1. The zero-order valence-corrected chi connectivity index (χ0v) is 20.9. The van der Waals surface area contributed by atoms with Gasteiger partial charge in [0, 0.05) is 26.6 Å². The molecule has 3 aromatic rings. The van der Waals surface area contributed by atoms with Crippen LogP contribution in [-0.2, 0) is 22.5 Å². The lowest BCUT2D eigenvalue weighted by molar-refractivity contribution is -0.124. The molecule has 2 aromatic carbocycles. The van der Waals surface area contributed by atoms with Crippen molar-refractivity contribution in [1.82, 2.24) is 14.9 Å². The number of para-hydroxylation sites is 2. The summed E-state index contributed by atoms with van der Waals surface area (Å²) in [5, 5.41) is 2.88. The van der Waals surface area contributed by atoms with Crippen LogP contribution in [0.5, 0.6) is 5.75 Å². The van der Waals surface area contributed by atoms with Crippen molar-refractivity contribution in [2.75, 3.05) is 26.9 Å². The average molecular weight is 466 g/mol. The molecule has 0 fully saturated rings. The molecule has 1 unspecified atom stereocenters. The van der Waals surface area contributed by atoms with Crippen molar-refractivity contribution < 1.29 is 14.3 Å². The average Bonchev–Trinajstić information content (AvgIpc) is 3.21. The number of carbonyl (C=O) groups is 1. The van der Waals surface area contributed by atoms with Crippen LogP contribution in [0.1, 0.15) is 63.3 Å². The molecule has 34 heavy (non-hydrogen) atoms. The highest BCUT2D eigenvalue weighted by molar-refractivity contribution is 5.77. The van der Waals surface area contributed by atoms with Crippen LogP contribution in [0.15, 0.2) is 48.5 Å². The van der Waals surface area contributed by atoms with E-state index >= 15 is 0 Å². The van der Waals surface area contributed by atoms with E-state index in [0.29, 0.717) is 19.1 Å². The number of unbranched alkanes of at least 4 members (excludes halogenated alkanes) is 2. The highest BCUT2D eigenvalue weighted by Crippen LogP contribution is 2.22. The molecule has 1 N–H and O–H groups in total. The van der Waals surface area contributed by atoms with E-state index in [4.69, 9.17) is 14.5 Å². The van der Waals surface area contributed by atoms with E-state index in [0.717, 1.165) is 62.2 Å². The van der Waals surface area contributed by atoms with Crippen molar-refractivity contribution in [1.29, 1.82) is 0 Å². The second-order valence-corrected chi connectivity index (χ2v) is 8.84. The fourth-order valence-corrected chi connectivity index (χ4v) is 4.10. The van der Waals surface area contributed by atoms with Crippen molar-refractivity contribution in [2.45, 2.75) is 64.8 Å². The van der Waals surface area contributed by atoms with Gasteiger partial charge in [-0.25, -0.2) is 4.98 Å². The van der Waals surface area contributed by atoms with Gasteiger partial charge in [0.2, 0.25) is 5.91 Å². The fraction of sp³-hybridized carbons (Fsp3) is 0.500. The van der Waals surface area contributed by atoms with Gasteiger partial charge in [0.25, 0.3) is 0 Å². The van der Waals surface area contributed by atoms with Crippen molar-refractivity contribution in [3.8, 4) is 5.75 Å². The Bertz CT molecular complexity index is 1010. The highest BCUT2D eigenvalue weighted by Gasteiger charge is 2.10. The smallest absolute Gasteiger partial charge is 0.245 e. The molecule has 0 aliphatic rings. The van der Waals surface area contributed by atoms with Gasteiger partial charge in [0.05, 0.1) is 17.6 Å². The van der Waals surface area contributed by atoms with Gasteiger partial charge in [-0.05, 0) is 61.4 Å². The monoisotopic (exact) mass is 465 g/mol. The van der Waals surface area contributed by atoms with E-state index < -0.39 is 0 Å². The molecule has 1 atom stereocenters. The van der Waals surface area contributed by atoms with E-state index in [2.05, 4.69) is 66.2 Å². The first-order valence-corrected chi connectivity index (χ1v) is 12.5. The number of aromatic nitrogens is 2. The topological polar surface area (TPSA) is 65.4 Å². The summed E-state index contributed by atoms with van der Waals surface area (Å²) in [5.41, 5.74) is 3.59. The molecule has 1 amide bonds. The van der Waals surface area contributed by atoms with Crippen LogP contribution in [-0.4, -0.2) is 42.3 Å². The normalized spacial score (nSPS) is 12.1. The van der Waals surface area contributed by atoms with Crippen LogP contribution in [0.2, 0.25) is 0 Å². The predicted molar refractivity (Wildman–Crippen MR) is 137 cm³/mol. The Balaban J connectivity index is 1.48. The first-order chi connectivity index (χ1) is 16.6. The van der Waals surface area contributed by atoms with Crippen molar-refractivity contribution >= 4 is 16.9 Å². The van der Waals surface area contributed by atoms with E-state index in [1.165, 1.54) is 18.2 Å². The van der Waals surface area contributed by atoms with Crippen molar-refractivity contribution in [3.05, 3.63) is 59.9 Å². The molecule has 3 rings (SSSR count). The van der Waals surface area contributed by atoms with Crippen LogP contribution >= 0.6 is 0 Å². The van der Waals surface area contributed by atoms with E-state index in [-0.39, 0.29) is 12.5 Å². The molecule has 184 valence electrons. The summed E-state index contributed by atoms with van der Waals surface area (Å²) in [5.74, 6) is 2.58. The van der Waals surface area contributed by atoms with Gasteiger partial charge in [-0.2, -0.15) is 0 Å². The van der Waals surface area contributed by atoms with Gasteiger partial charge in [-0.15, -0.1) is 0 Å². The summed E-state index contributed by atoms with van der Waals surface area (Å²) in [7, 11) is 1.53. The first-order valence-electron chi connectivity index (χ1n) is 12.5. The second kappa shape index (κ2) is 13.8. The van der Waals surface area contributed by atoms with Crippen LogP contribution < -0.4 is 10.1 Å². The summed E-state index contributed by atoms with van der Waals surface area (Å²) < 4.78 is 13.2. The predicted octanol–water partition coefficient (Wildman–Crippen LogP) is 5.49. The number of amides is 1. The van der Waals surface area contributed by atoms with Gasteiger partial charge in [0.1, 0.15) is 18.2 Å². The third-order valence-electron chi connectivity index (χ3n) is 6.26. The summed E-state index contributed by atoms with van der Waals surface area (Å²) in [6.07, 6.45) is 6.05. The zero-order valence-electron chi connectivity index (χ0n) is 20.9. The Morgan fingerprint density at radius 2 is 1.85 bits per heavy atom. The second-order valence-electron chi connectivity index (χ2n) is 8.84. The lowest BCUT2D eigenvalue weighted by Gasteiger charge is -2.12. The molecule has 6 heteroatoms. The van der Waals surface area contributed by atoms with Gasteiger partial charge in [0.15, 0.2) is 0 Å². The third kappa shape index (κ3) is 7.59. The Morgan fingerprint density at radius 3 is 2.62 bits per heavy atom. The molecule has 0 aliphatic carbocycles. The number of nitrogens with one attached hydrogen (secondary N) is 1. The SMILES string of the molecule is CCC(C)c1ccc(OCCCn2c(CCCCCNC(=O)COC)nc3ccccc32)cc1. The molecule has 0 spiro atoms. The van der Waals surface area contributed by atoms with Crippen LogP contribution in [0.3, 0.4) is 0 Å². The molecule has 1 heterocycles. The number of methoxy groups -OCH3 is 1. The Kier molecular flexibility index (Phi) is 10.4. The standard InChI is InChI=1S/C28H39N3O3/c1-4-22(2)23-14-16-24(17-15-23)34-20-10-19-31-26-12-8-7-11-25(26)30-27(31)13-6-5-9-18-29-28(32)21-33-3/h7-8,11-12,14-17,22H,4-6,9-10,13,18-21H2,1-3H3,(H,29,32). The fourth-order valence-electron chi connectivity index (χ4n) is 4.10. The minimum absolute atomic E-state index is 0.0574. The minimum atomic E-state index is -0.0574. The lowest BCUT2D eigenvalue weighted by Crippen LogP contribution is -2.27. The highest BCUT2D eigenvalue weighted by atomic mass is 16.5. The number of hydrogen-bond donors (Lipinski definition) is 1. The molecule has 6 nitrogen and oxygen atoms in total. The van der Waals surface area contributed by atoms with E-state index in [9.17, 15) is 4.79 Å². The number of nitrogens with zero attached hydrogens (tertiary/aromatic N) is 2. The van der Waals surface area contributed by atoms with Gasteiger partial charge in [-0.3, -0.25) is 4.79 Å². The number of carbonyl (C=O) groups excluding carboxylic acids is 1. The maximum absolute atomic E-state index is 11.5. The maximum Gasteiger partial charge on any atom is 0.245 e. The number of hydrogen-bond acceptors (Lipinski definition) is 4. The first kappa shape index (κ1) is 25.8. The molecule has 0 saturated carbocycles. The molecule has 0 bridgehead atoms. The molecule has 0 aliphatic heterocycles. The van der Waals surface area contributed by atoms with Crippen LogP contribution in [0.25, 0.3) is 11.0 Å². The summed E-state index contributed by atoms with van der Waals surface area (Å²) in [4.78, 5) is 16.3. The zero-order chi connectivity index (χ0) is 24.2. The van der Waals surface area contributed by atoms with Crippen molar-refractivity contribution in [2.24, 2.45) is 0 Å². The van der Waals surface area contributed by atoms with E-state index in [1.807, 2.05) is 6.07 Å². The Morgan fingerprint density at radius 1 is 1.06 bits per heavy atom. The number of aryl methyl sites for hydroxylation is 2. The Hall–Kier alpha value is -2.86. The van der Waals surface area contributed by atoms with Crippen LogP contribution in [0, 0.1) is 0 Å². The number of benzene rings is 2. The molecule has 1 aromatic heterocycles. The third-order valence-corrected chi connectivity index (χ3v) is 6.26. The van der Waals surface area contributed by atoms with Crippen LogP contribution in [0.4, 0.5) is 0 Å². The van der Waals surface area contributed by atoms with Gasteiger partial charge in [-0.1, -0.05) is 44.5 Å². The van der Waals surface area contributed by atoms with E-state index in [1.54, 1.807) is 0 Å². The quantitative estimate of drug-likeness (QED) is 0.301. The maximum atomic E-state index is 11.5. The van der Waals surface area contributed by atoms with Gasteiger partial charge < -0.3 is 19.4 Å². The molecule has 0 radical (unpaired) electrons. The Labute approximate surface area is 203 Å². The number of fused-ring (bicyclic) bond motifs is 1. The largest absolute Gasteiger partial charge is 0.494 e. The number of ether oxygens (including phenoxy) is 2. The molecule has 0 saturated heterocycles. The summed E-state index contributed by atoms with van der Waals surface area (Å²) >= 11 is 0. The summed E-state index contributed by atoms with van der Waals surface area (Å²) in [6.45, 7) is 6.84. The lowest BCUT2D eigenvalue weighted by atomic mass is 9.99. The van der Waals surface area contributed by atoms with Crippen molar-refractivity contribution in [3.63, 3.8) is 0 Å².